The summed E-state index contributed by atoms with van der Waals surface area (Å²) < 4.78 is 5.17. The van der Waals surface area contributed by atoms with Crippen molar-refractivity contribution in [3.63, 3.8) is 0 Å². The molecule has 2 N–H and O–H groups in total. The van der Waals surface area contributed by atoms with Crippen LogP contribution >= 0.6 is 0 Å². The molecule has 0 bridgehead atoms. The van der Waals surface area contributed by atoms with E-state index >= 15 is 0 Å². The van der Waals surface area contributed by atoms with Crippen LogP contribution in [-0.4, -0.2) is 60.0 Å². The normalized spacial score (nSPS) is 22.9. The molecule has 0 atom stereocenters. The average molecular weight is 269 g/mol. The van der Waals surface area contributed by atoms with Crippen molar-refractivity contribution in [2.24, 2.45) is 5.10 Å². The smallest absolute Gasteiger partial charge is 0.267 e. The fraction of sp³-hybridized carbons (Fsp3) is 0.750. The molecular formula is C12H19N3O4. The van der Waals surface area contributed by atoms with Gasteiger partial charge in [-0.25, -0.2) is 5.01 Å². The van der Waals surface area contributed by atoms with Gasteiger partial charge in [-0.05, 0) is 0 Å². The SMILES string of the molecule is CN1N=C(C(=O)NCC2(O)CCOCC2)CCC1=O. The van der Waals surface area contributed by atoms with Gasteiger partial charge in [0.1, 0.15) is 5.71 Å². The zero-order valence-electron chi connectivity index (χ0n) is 11.0. The highest BCUT2D eigenvalue weighted by Crippen LogP contribution is 2.19. The Balaban J connectivity index is 1.87. The fourth-order valence-electron chi connectivity index (χ4n) is 2.11. The first-order valence-electron chi connectivity index (χ1n) is 6.42. The van der Waals surface area contributed by atoms with Crippen LogP contribution in [0.15, 0.2) is 5.10 Å². The Hall–Kier alpha value is -1.47. The summed E-state index contributed by atoms with van der Waals surface area (Å²) >= 11 is 0. The largest absolute Gasteiger partial charge is 0.388 e. The summed E-state index contributed by atoms with van der Waals surface area (Å²) in [6, 6.07) is 0. The zero-order chi connectivity index (χ0) is 13.9. The summed E-state index contributed by atoms with van der Waals surface area (Å²) in [5.74, 6) is -0.418. The summed E-state index contributed by atoms with van der Waals surface area (Å²) in [5, 5.41) is 18.0. The lowest BCUT2D eigenvalue weighted by atomic mass is 9.94. The van der Waals surface area contributed by atoms with Crippen molar-refractivity contribution in [2.45, 2.75) is 31.3 Å². The van der Waals surface area contributed by atoms with Gasteiger partial charge in [-0.15, -0.1) is 0 Å². The topological polar surface area (TPSA) is 91.2 Å². The number of hydrogen-bond acceptors (Lipinski definition) is 5. The van der Waals surface area contributed by atoms with Gasteiger partial charge < -0.3 is 15.2 Å². The maximum absolute atomic E-state index is 11.9. The number of rotatable bonds is 3. The van der Waals surface area contributed by atoms with Crippen molar-refractivity contribution in [3.8, 4) is 0 Å². The number of nitrogens with zero attached hydrogens (tertiary/aromatic N) is 2. The van der Waals surface area contributed by atoms with Crippen molar-refractivity contribution >= 4 is 17.5 Å². The molecule has 0 spiro atoms. The van der Waals surface area contributed by atoms with Crippen molar-refractivity contribution in [1.82, 2.24) is 10.3 Å². The highest BCUT2D eigenvalue weighted by molar-refractivity contribution is 6.39. The minimum absolute atomic E-state index is 0.0976. The first-order chi connectivity index (χ1) is 9.00. The lowest BCUT2D eigenvalue weighted by Gasteiger charge is -2.32. The number of hydrazone groups is 1. The van der Waals surface area contributed by atoms with Crippen LogP contribution in [0.2, 0.25) is 0 Å². The van der Waals surface area contributed by atoms with Crippen molar-refractivity contribution < 1.29 is 19.4 Å². The Labute approximate surface area is 111 Å². The van der Waals surface area contributed by atoms with Gasteiger partial charge in [0.25, 0.3) is 5.91 Å². The molecule has 2 rings (SSSR count). The van der Waals surface area contributed by atoms with E-state index in [4.69, 9.17) is 4.74 Å². The maximum atomic E-state index is 11.9. The van der Waals surface area contributed by atoms with Crippen LogP contribution in [0.1, 0.15) is 25.7 Å². The van der Waals surface area contributed by atoms with Crippen molar-refractivity contribution in [3.05, 3.63) is 0 Å². The van der Waals surface area contributed by atoms with Crippen LogP contribution in [0.4, 0.5) is 0 Å². The van der Waals surface area contributed by atoms with E-state index in [1.54, 1.807) is 0 Å². The van der Waals surface area contributed by atoms with E-state index in [9.17, 15) is 14.7 Å². The molecule has 0 saturated carbocycles. The van der Waals surface area contributed by atoms with Crippen LogP contribution < -0.4 is 5.32 Å². The van der Waals surface area contributed by atoms with Gasteiger partial charge in [-0.1, -0.05) is 0 Å². The van der Waals surface area contributed by atoms with E-state index < -0.39 is 5.60 Å². The molecule has 2 heterocycles. The minimum Gasteiger partial charge on any atom is -0.388 e. The highest BCUT2D eigenvalue weighted by atomic mass is 16.5. The van der Waals surface area contributed by atoms with Crippen LogP contribution in [0.3, 0.4) is 0 Å². The molecule has 0 aromatic heterocycles. The molecule has 19 heavy (non-hydrogen) atoms. The average Bonchev–Trinajstić information content (AvgIpc) is 2.40. The molecule has 106 valence electrons. The van der Waals surface area contributed by atoms with Crippen LogP contribution in [0.5, 0.6) is 0 Å². The number of carbonyl (C=O) groups is 2. The van der Waals surface area contributed by atoms with Gasteiger partial charge in [-0.3, -0.25) is 9.59 Å². The number of nitrogens with one attached hydrogen (secondary N) is 1. The van der Waals surface area contributed by atoms with Gasteiger partial charge in [0.05, 0.1) is 5.60 Å². The predicted octanol–water partition coefficient (Wildman–Crippen LogP) is -0.748. The second kappa shape index (κ2) is 5.66. The van der Waals surface area contributed by atoms with E-state index in [0.717, 1.165) is 0 Å². The zero-order valence-corrected chi connectivity index (χ0v) is 11.0. The fourth-order valence-corrected chi connectivity index (χ4v) is 2.11. The Kier molecular flexibility index (Phi) is 4.16. The summed E-state index contributed by atoms with van der Waals surface area (Å²) in [5.41, 5.74) is -0.567. The molecule has 1 fully saturated rings. The third kappa shape index (κ3) is 3.51. The van der Waals surface area contributed by atoms with E-state index in [1.807, 2.05) is 0 Å². The summed E-state index contributed by atoms with van der Waals surface area (Å²) in [6.07, 6.45) is 1.66. The molecule has 1 saturated heterocycles. The standard InChI is InChI=1S/C12H19N3O4/c1-15-10(16)3-2-9(14-15)11(17)13-8-12(18)4-6-19-7-5-12/h18H,2-8H2,1H3,(H,13,17). The molecule has 0 aromatic carbocycles. The van der Waals surface area contributed by atoms with Gasteiger partial charge in [0.2, 0.25) is 5.91 Å². The molecule has 7 nitrogen and oxygen atoms in total. The molecule has 0 unspecified atom stereocenters. The Bertz CT molecular complexity index is 402. The van der Waals surface area contributed by atoms with Crippen LogP contribution in [0, 0.1) is 0 Å². The molecular weight excluding hydrogens is 250 g/mol. The number of ether oxygens (including phenoxy) is 1. The van der Waals surface area contributed by atoms with Gasteiger partial charge in [0.15, 0.2) is 0 Å². The van der Waals surface area contributed by atoms with Gasteiger partial charge in [-0.2, -0.15) is 5.10 Å². The Morgan fingerprint density at radius 3 is 2.79 bits per heavy atom. The molecule has 7 heteroatoms. The number of carbonyl (C=O) groups excluding carboxylic acids is 2. The number of aliphatic hydroxyl groups is 1. The third-order valence-electron chi connectivity index (χ3n) is 3.47. The summed E-state index contributed by atoms with van der Waals surface area (Å²) in [4.78, 5) is 23.2. The van der Waals surface area contributed by atoms with E-state index in [1.165, 1.54) is 12.1 Å². The quantitative estimate of drug-likeness (QED) is 0.705. The van der Waals surface area contributed by atoms with E-state index in [-0.39, 0.29) is 18.4 Å². The lowest BCUT2D eigenvalue weighted by molar-refractivity contribution is -0.130. The predicted molar refractivity (Wildman–Crippen MR) is 67.5 cm³/mol. The number of amides is 2. The van der Waals surface area contributed by atoms with Crippen molar-refractivity contribution in [2.75, 3.05) is 26.8 Å². The van der Waals surface area contributed by atoms with Gasteiger partial charge >= 0.3 is 0 Å². The monoisotopic (exact) mass is 269 g/mol. The lowest BCUT2D eigenvalue weighted by Crippen LogP contribution is -2.48. The first-order valence-corrected chi connectivity index (χ1v) is 6.42. The third-order valence-corrected chi connectivity index (χ3v) is 3.47. The molecule has 0 aliphatic carbocycles. The molecule has 2 aliphatic rings. The Morgan fingerprint density at radius 2 is 2.16 bits per heavy atom. The summed E-state index contributed by atoms with van der Waals surface area (Å²) in [7, 11) is 1.53. The highest BCUT2D eigenvalue weighted by Gasteiger charge is 2.31. The molecule has 0 radical (unpaired) electrons. The van der Waals surface area contributed by atoms with Crippen LogP contribution in [-0.2, 0) is 14.3 Å². The Morgan fingerprint density at radius 1 is 1.47 bits per heavy atom. The van der Waals surface area contributed by atoms with E-state index in [2.05, 4.69) is 10.4 Å². The molecule has 2 amide bonds. The van der Waals surface area contributed by atoms with Gasteiger partial charge in [0, 0.05) is 52.5 Å². The minimum atomic E-state index is -0.898. The summed E-state index contributed by atoms with van der Waals surface area (Å²) in [6.45, 7) is 1.20. The van der Waals surface area contributed by atoms with Crippen molar-refractivity contribution in [1.29, 1.82) is 0 Å². The second-order valence-corrected chi connectivity index (χ2v) is 4.98. The maximum Gasteiger partial charge on any atom is 0.267 e. The first kappa shape index (κ1) is 14.0. The molecule has 0 aromatic rings. The number of hydrogen-bond donors (Lipinski definition) is 2. The van der Waals surface area contributed by atoms with Crippen LogP contribution in [0.25, 0.3) is 0 Å². The van der Waals surface area contributed by atoms with E-state index in [0.29, 0.717) is 44.6 Å². The molecule has 2 aliphatic heterocycles. The second-order valence-electron chi connectivity index (χ2n) is 4.98.